The van der Waals surface area contributed by atoms with Crippen molar-refractivity contribution in [1.29, 1.82) is 0 Å². The molecule has 0 bridgehead atoms. The monoisotopic (exact) mass is 390 g/mol. The molecule has 0 aliphatic heterocycles. The minimum atomic E-state index is -0.521. The summed E-state index contributed by atoms with van der Waals surface area (Å²) in [6.45, 7) is 6.56. The molecule has 2 aromatic rings. The summed E-state index contributed by atoms with van der Waals surface area (Å²) < 4.78 is 5.98. The van der Waals surface area contributed by atoms with Crippen molar-refractivity contribution in [2.75, 3.05) is 0 Å². The molecular weight excluding hydrogens is 360 g/mol. The fraction of sp³-hybridized carbons (Fsp3) is 0.385. The molecule has 0 spiro atoms. The standard InChI is InChI=1S/C26H30O3/c1-18(2)22-15-14-19(3)16-24(22)29-26(28)23(17-20-10-6-4-7-11-20)25(27)21-12-8-5-9-13-21/h4-13,17-19,22,24H,14-16H2,1-3H3/t19-,22+,24-/m1/s1. The highest BCUT2D eigenvalue weighted by atomic mass is 16.5. The molecule has 0 heterocycles. The Morgan fingerprint density at radius 1 is 0.966 bits per heavy atom. The van der Waals surface area contributed by atoms with Crippen LogP contribution in [0.1, 0.15) is 56.0 Å². The fourth-order valence-electron chi connectivity index (χ4n) is 4.13. The van der Waals surface area contributed by atoms with Gasteiger partial charge in [0.15, 0.2) is 5.78 Å². The molecule has 3 heteroatoms. The summed E-state index contributed by atoms with van der Waals surface area (Å²) in [5.41, 5.74) is 1.38. The third kappa shape index (κ3) is 5.44. The molecule has 0 aromatic heterocycles. The Morgan fingerprint density at radius 3 is 2.21 bits per heavy atom. The van der Waals surface area contributed by atoms with E-state index >= 15 is 0 Å². The van der Waals surface area contributed by atoms with Crippen molar-refractivity contribution in [3.63, 3.8) is 0 Å². The Kier molecular flexibility index (Phi) is 7.03. The van der Waals surface area contributed by atoms with E-state index in [1.807, 2.05) is 36.4 Å². The fourth-order valence-corrected chi connectivity index (χ4v) is 4.13. The maximum Gasteiger partial charge on any atom is 0.342 e. The predicted octanol–water partition coefficient (Wildman–Crippen LogP) is 5.96. The lowest BCUT2D eigenvalue weighted by atomic mass is 9.75. The summed E-state index contributed by atoms with van der Waals surface area (Å²) in [5.74, 6) is 0.470. The highest BCUT2D eigenvalue weighted by Gasteiger charge is 2.35. The molecule has 3 nitrogen and oxygen atoms in total. The Balaban J connectivity index is 1.90. The molecule has 0 saturated heterocycles. The summed E-state index contributed by atoms with van der Waals surface area (Å²) >= 11 is 0. The van der Waals surface area contributed by atoms with Gasteiger partial charge in [0.1, 0.15) is 11.7 Å². The predicted molar refractivity (Wildman–Crippen MR) is 116 cm³/mol. The molecule has 3 atom stereocenters. The van der Waals surface area contributed by atoms with Crippen LogP contribution in [-0.4, -0.2) is 17.9 Å². The van der Waals surface area contributed by atoms with Gasteiger partial charge in [0, 0.05) is 5.56 Å². The smallest absolute Gasteiger partial charge is 0.342 e. The molecule has 3 rings (SSSR count). The highest BCUT2D eigenvalue weighted by molar-refractivity contribution is 6.26. The molecule has 1 saturated carbocycles. The van der Waals surface area contributed by atoms with Crippen LogP contribution >= 0.6 is 0 Å². The largest absolute Gasteiger partial charge is 0.458 e. The van der Waals surface area contributed by atoms with Crippen molar-refractivity contribution in [1.82, 2.24) is 0 Å². The van der Waals surface area contributed by atoms with Gasteiger partial charge in [-0.05, 0) is 42.2 Å². The summed E-state index contributed by atoms with van der Waals surface area (Å²) in [4.78, 5) is 26.3. The minimum absolute atomic E-state index is 0.0862. The molecule has 0 radical (unpaired) electrons. The van der Waals surface area contributed by atoms with E-state index in [0.29, 0.717) is 23.3 Å². The molecule has 1 aliphatic rings. The molecule has 2 aromatic carbocycles. The molecule has 1 fully saturated rings. The van der Waals surface area contributed by atoms with Gasteiger partial charge in [-0.1, -0.05) is 87.9 Å². The van der Waals surface area contributed by atoms with Crippen LogP contribution in [0.2, 0.25) is 0 Å². The van der Waals surface area contributed by atoms with Gasteiger partial charge in [-0.3, -0.25) is 4.79 Å². The molecular formula is C26H30O3. The second kappa shape index (κ2) is 9.69. The quantitative estimate of drug-likeness (QED) is 0.201. The number of hydrogen-bond donors (Lipinski definition) is 0. The van der Waals surface area contributed by atoms with Crippen molar-refractivity contribution >= 4 is 17.8 Å². The van der Waals surface area contributed by atoms with E-state index in [4.69, 9.17) is 4.74 Å². The average Bonchev–Trinajstić information content (AvgIpc) is 2.72. The average molecular weight is 391 g/mol. The number of Topliss-reactive ketones (excluding diaryl/α,β-unsaturated/α-hetero) is 1. The normalized spacial score (nSPS) is 22.3. The van der Waals surface area contributed by atoms with Gasteiger partial charge in [-0.2, -0.15) is 0 Å². The number of carbonyl (C=O) groups excluding carboxylic acids is 2. The topological polar surface area (TPSA) is 43.4 Å². The van der Waals surface area contributed by atoms with Crippen LogP contribution in [0.15, 0.2) is 66.2 Å². The Bertz CT molecular complexity index is 852. The number of rotatable bonds is 6. The van der Waals surface area contributed by atoms with Gasteiger partial charge in [-0.25, -0.2) is 4.79 Å². The van der Waals surface area contributed by atoms with E-state index < -0.39 is 5.97 Å². The zero-order valence-corrected chi connectivity index (χ0v) is 17.5. The number of ketones is 1. The maximum atomic E-state index is 13.2. The Labute approximate surface area is 173 Å². The second-order valence-electron chi connectivity index (χ2n) is 8.43. The van der Waals surface area contributed by atoms with E-state index in [0.717, 1.165) is 24.8 Å². The lowest BCUT2D eigenvalue weighted by Gasteiger charge is -2.36. The molecule has 0 amide bonds. The zero-order valence-electron chi connectivity index (χ0n) is 17.5. The van der Waals surface area contributed by atoms with E-state index in [-0.39, 0.29) is 17.5 Å². The molecule has 1 aliphatic carbocycles. The van der Waals surface area contributed by atoms with Crippen LogP contribution in [-0.2, 0) is 9.53 Å². The SMILES string of the molecule is CC(C)[C@@H]1CC[C@@H](C)C[C@H]1OC(=O)C(=Cc1ccccc1)C(=O)c1ccccc1. The van der Waals surface area contributed by atoms with Crippen molar-refractivity contribution in [2.24, 2.45) is 17.8 Å². The van der Waals surface area contributed by atoms with Crippen molar-refractivity contribution in [3.8, 4) is 0 Å². The van der Waals surface area contributed by atoms with Crippen LogP contribution in [0.5, 0.6) is 0 Å². The third-order valence-electron chi connectivity index (χ3n) is 5.83. The van der Waals surface area contributed by atoms with Crippen LogP contribution in [0.3, 0.4) is 0 Å². The van der Waals surface area contributed by atoms with Crippen molar-refractivity contribution in [3.05, 3.63) is 77.4 Å². The van der Waals surface area contributed by atoms with Crippen molar-refractivity contribution < 1.29 is 14.3 Å². The number of hydrogen-bond acceptors (Lipinski definition) is 3. The first kappa shape index (κ1) is 21.0. The van der Waals surface area contributed by atoms with Crippen LogP contribution in [0.25, 0.3) is 6.08 Å². The number of ether oxygens (including phenoxy) is 1. The first-order chi connectivity index (χ1) is 14.0. The lowest BCUT2D eigenvalue weighted by molar-refractivity contribution is -0.150. The van der Waals surface area contributed by atoms with Crippen LogP contribution in [0.4, 0.5) is 0 Å². The lowest BCUT2D eigenvalue weighted by Crippen LogP contribution is -2.36. The summed E-state index contributed by atoms with van der Waals surface area (Å²) in [7, 11) is 0. The van der Waals surface area contributed by atoms with Crippen LogP contribution in [0, 0.1) is 17.8 Å². The summed E-state index contributed by atoms with van der Waals surface area (Å²) in [6.07, 6.45) is 4.57. The van der Waals surface area contributed by atoms with Gasteiger partial charge in [0.05, 0.1) is 0 Å². The zero-order chi connectivity index (χ0) is 20.8. The van der Waals surface area contributed by atoms with Crippen LogP contribution < -0.4 is 0 Å². The maximum absolute atomic E-state index is 13.2. The number of carbonyl (C=O) groups is 2. The van der Waals surface area contributed by atoms with E-state index in [2.05, 4.69) is 20.8 Å². The van der Waals surface area contributed by atoms with E-state index in [9.17, 15) is 9.59 Å². The molecule has 29 heavy (non-hydrogen) atoms. The minimum Gasteiger partial charge on any atom is -0.458 e. The second-order valence-corrected chi connectivity index (χ2v) is 8.43. The first-order valence-electron chi connectivity index (χ1n) is 10.5. The van der Waals surface area contributed by atoms with Gasteiger partial charge in [-0.15, -0.1) is 0 Å². The summed E-state index contributed by atoms with van der Waals surface area (Å²) in [6, 6.07) is 18.4. The highest BCUT2D eigenvalue weighted by Crippen LogP contribution is 2.36. The van der Waals surface area contributed by atoms with Gasteiger partial charge in [0.25, 0.3) is 0 Å². The summed E-state index contributed by atoms with van der Waals surface area (Å²) in [5, 5.41) is 0. The van der Waals surface area contributed by atoms with Gasteiger partial charge >= 0.3 is 5.97 Å². The van der Waals surface area contributed by atoms with E-state index in [1.54, 1.807) is 30.3 Å². The Hall–Kier alpha value is -2.68. The molecule has 0 N–H and O–H groups in total. The first-order valence-corrected chi connectivity index (χ1v) is 10.5. The Morgan fingerprint density at radius 2 is 1.59 bits per heavy atom. The molecule has 0 unspecified atom stereocenters. The van der Waals surface area contributed by atoms with E-state index in [1.165, 1.54) is 0 Å². The third-order valence-corrected chi connectivity index (χ3v) is 5.83. The number of benzene rings is 2. The molecule has 152 valence electrons. The number of esters is 1. The van der Waals surface area contributed by atoms with Gasteiger partial charge < -0.3 is 4.74 Å². The van der Waals surface area contributed by atoms with Gasteiger partial charge in [0.2, 0.25) is 0 Å². The van der Waals surface area contributed by atoms with Crippen molar-refractivity contribution in [2.45, 2.75) is 46.1 Å².